The second kappa shape index (κ2) is 5.11. The summed E-state index contributed by atoms with van der Waals surface area (Å²) in [6, 6.07) is 6.16. The number of carboxylic acids is 1. The number of rotatable bonds is 3. The first kappa shape index (κ1) is 13.1. The van der Waals surface area contributed by atoms with Crippen LogP contribution in [0.15, 0.2) is 24.3 Å². The molecule has 7 heteroatoms. The van der Waals surface area contributed by atoms with Crippen LogP contribution in [0.2, 0.25) is 5.02 Å². The molecule has 1 aromatic carbocycles. The van der Waals surface area contributed by atoms with Crippen LogP contribution < -0.4 is 5.32 Å². The van der Waals surface area contributed by atoms with Gasteiger partial charge in [-0.1, -0.05) is 11.6 Å². The Bertz CT molecular complexity index is 631. The van der Waals surface area contributed by atoms with E-state index in [0.29, 0.717) is 10.6 Å². The zero-order chi connectivity index (χ0) is 14.0. The maximum Gasteiger partial charge on any atom is 0.353 e. The van der Waals surface area contributed by atoms with Crippen molar-refractivity contribution in [2.45, 2.75) is 6.92 Å². The fraction of sp³-hybridized carbons (Fsp3) is 0.0833. The molecule has 1 amide bonds. The molecule has 0 bridgehead atoms. The highest BCUT2D eigenvalue weighted by molar-refractivity contribution is 6.31. The second-order valence-corrected chi connectivity index (χ2v) is 4.38. The molecule has 1 heterocycles. The van der Waals surface area contributed by atoms with E-state index in [0.717, 1.165) is 5.56 Å². The van der Waals surface area contributed by atoms with Crippen molar-refractivity contribution in [2.24, 2.45) is 0 Å². The third kappa shape index (κ3) is 3.11. The van der Waals surface area contributed by atoms with Gasteiger partial charge in [-0.3, -0.25) is 9.89 Å². The lowest BCUT2D eigenvalue weighted by Crippen LogP contribution is -2.12. The predicted molar refractivity (Wildman–Crippen MR) is 69.7 cm³/mol. The van der Waals surface area contributed by atoms with Crippen molar-refractivity contribution < 1.29 is 14.7 Å². The summed E-state index contributed by atoms with van der Waals surface area (Å²) in [4.78, 5) is 22.6. The van der Waals surface area contributed by atoms with Gasteiger partial charge >= 0.3 is 5.97 Å². The van der Waals surface area contributed by atoms with Crippen molar-refractivity contribution >= 4 is 29.3 Å². The molecule has 1 aromatic heterocycles. The Morgan fingerprint density at radius 2 is 2.05 bits per heavy atom. The van der Waals surface area contributed by atoms with Crippen LogP contribution in [0.3, 0.4) is 0 Å². The number of amides is 1. The van der Waals surface area contributed by atoms with Gasteiger partial charge in [0.15, 0.2) is 5.82 Å². The second-order valence-electron chi connectivity index (χ2n) is 3.94. The molecule has 0 saturated carbocycles. The summed E-state index contributed by atoms with van der Waals surface area (Å²) in [6.07, 6.45) is 0. The van der Waals surface area contributed by atoms with E-state index >= 15 is 0 Å². The molecule has 6 nitrogen and oxygen atoms in total. The summed E-state index contributed by atoms with van der Waals surface area (Å²) >= 11 is 5.86. The number of aromatic nitrogens is 2. The van der Waals surface area contributed by atoms with Crippen LogP contribution in [0.25, 0.3) is 0 Å². The fourth-order valence-corrected chi connectivity index (χ4v) is 1.84. The molecule has 0 radical (unpaired) electrons. The molecular weight excluding hydrogens is 270 g/mol. The van der Waals surface area contributed by atoms with Crippen molar-refractivity contribution in [3.05, 3.63) is 46.1 Å². The zero-order valence-corrected chi connectivity index (χ0v) is 10.7. The van der Waals surface area contributed by atoms with E-state index in [1.165, 1.54) is 12.1 Å². The van der Waals surface area contributed by atoms with Crippen LogP contribution in [0, 0.1) is 6.92 Å². The van der Waals surface area contributed by atoms with Gasteiger partial charge in [0, 0.05) is 16.7 Å². The highest BCUT2D eigenvalue weighted by Crippen LogP contribution is 2.16. The Morgan fingerprint density at radius 1 is 1.32 bits per heavy atom. The number of halogens is 1. The van der Waals surface area contributed by atoms with Crippen LogP contribution in [0.1, 0.15) is 26.4 Å². The van der Waals surface area contributed by atoms with Gasteiger partial charge in [0.25, 0.3) is 5.91 Å². The topological polar surface area (TPSA) is 95.1 Å². The Morgan fingerprint density at radius 3 is 2.63 bits per heavy atom. The molecule has 0 saturated heterocycles. The molecule has 0 aliphatic heterocycles. The molecule has 0 aliphatic rings. The number of hydrogen-bond acceptors (Lipinski definition) is 3. The Balaban J connectivity index is 2.18. The number of nitrogens with zero attached hydrogens (tertiary/aromatic N) is 1. The third-order valence-corrected chi connectivity index (χ3v) is 2.57. The van der Waals surface area contributed by atoms with E-state index in [9.17, 15) is 9.59 Å². The first-order valence-electron chi connectivity index (χ1n) is 5.33. The smallest absolute Gasteiger partial charge is 0.353 e. The van der Waals surface area contributed by atoms with Crippen molar-refractivity contribution in [1.29, 1.82) is 0 Å². The van der Waals surface area contributed by atoms with Crippen LogP contribution in [-0.2, 0) is 0 Å². The Kier molecular flexibility index (Phi) is 3.52. The number of H-pyrrole nitrogens is 1. The number of hydrogen-bond donors (Lipinski definition) is 3. The van der Waals surface area contributed by atoms with Gasteiger partial charge < -0.3 is 10.4 Å². The molecule has 0 unspecified atom stereocenters. The van der Waals surface area contributed by atoms with Crippen molar-refractivity contribution in [3.63, 3.8) is 0 Å². The number of benzene rings is 1. The quantitative estimate of drug-likeness (QED) is 0.803. The lowest BCUT2D eigenvalue weighted by Gasteiger charge is -2.03. The number of carbonyl (C=O) groups is 2. The number of carboxylic acid groups (broad SMARTS) is 1. The molecule has 19 heavy (non-hydrogen) atoms. The monoisotopic (exact) mass is 279 g/mol. The van der Waals surface area contributed by atoms with E-state index in [1.807, 2.05) is 6.92 Å². The van der Waals surface area contributed by atoms with E-state index < -0.39 is 11.9 Å². The molecule has 98 valence electrons. The fourth-order valence-electron chi connectivity index (χ4n) is 1.55. The van der Waals surface area contributed by atoms with E-state index in [4.69, 9.17) is 16.7 Å². The number of nitrogens with one attached hydrogen (secondary N) is 2. The number of carbonyl (C=O) groups excluding carboxylic acids is 1. The maximum absolute atomic E-state index is 11.9. The zero-order valence-electron chi connectivity index (χ0n) is 9.90. The van der Waals surface area contributed by atoms with Gasteiger partial charge in [-0.2, -0.15) is 5.10 Å². The standard InChI is InChI=1S/C12H10ClN3O3/c1-6-2-7(4-8(13)3-6)11(17)14-10-5-9(12(18)19)15-16-10/h2-5H,1H3,(H,18,19)(H2,14,15,16,17). The van der Waals surface area contributed by atoms with Gasteiger partial charge in [0.05, 0.1) is 0 Å². The third-order valence-electron chi connectivity index (χ3n) is 2.35. The summed E-state index contributed by atoms with van der Waals surface area (Å²) in [6.45, 7) is 1.82. The van der Waals surface area contributed by atoms with Crippen molar-refractivity contribution in [3.8, 4) is 0 Å². The van der Waals surface area contributed by atoms with Gasteiger partial charge in [0.1, 0.15) is 5.69 Å². The number of aryl methyl sites for hydroxylation is 1. The van der Waals surface area contributed by atoms with Gasteiger partial charge in [-0.25, -0.2) is 4.79 Å². The first-order chi connectivity index (χ1) is 8.95. The summed E-state index contributed by atoms with van der Waals surface area (Å²) in [5.41, 5.74) is 1.13. The molecular formula is C12H10ClN3O3. The minimum Gasteiger partial charge on any atom is -0.477 e. The number of aromatic amines is 1. The summed E-state index contributed by atoms with van der Waals surface area (Å²) in [5.74, 6) is -1.42. The highest BCUT2D eigenvalue weighted by Gasteiger charge is 2.12. The van der Waals surface area contributed by atoms with Crippen LogP contribution in [-0.4, -0.2) is 27.2 Å². The van der Waals surface area contributed by atoms with Crippen LogP contribution >= 0.6 is 11.6 Å². The van der Waals surface area contributed by atoms with Gasteiger partial charge in [-0.05, 0) is 30.7 Å². The molecule has 0 atom stereocenters. The molecule has 0 fully saturated rings. The summed E-state index contributed by atoms with van der Waals surface area (Å²) in [7, 11) is 0. The van der Waals surface area contributed by atoms with Gasteiger partial charge in [-0.15, -0.1) is 0 Å². The molecule has 2 rings (SSSR count). The molecule has 2 aromatic rings. The SMILES string of the molecule is Cc1cc(Cl)cc(C(=O)Nc2cc(C(=O)O)[nH]n2)c1. The van der Waals surface area contributed by atoms with E-state index in [-0.39, 0.29) is 11.5 Å². The maximum atomic E-state index is 11.9. The average molecular weight is 280 g/mol. The first-order valence-corrected chi connectivity index (χ1v) is 5.71. The summed E-state index contributed by atoms with van der Waals surface area (Å²) in [5, 5.41) is 17.6. The minimum absolute atomic E-state index is 0.0995. The van der Waals surface area contributed by atoms with Crippen molar-refractivity contribution in [2.75, 3.05) is 5.32 Å². The summed E-state index contributed by atoms with van der Waals surface area (Å²) < 4.78 is 0. The van der Waals surface area contributed by atoms with Crippen LogP contribution in [0.4, 0.5) is 5.82 Å². The number of aromatic carboxylic acids is 1. The minimum atomic E-state index is -1.15. The molecule has 0 spiro atoms. The van der Waals surface area contributed by atoms with Gasteiger partial charge in [0.2, 0.25) is 0 Å². The van der Waals surface area contributed by atoms with E-state index in [1.54, 1.807) is 12.1 Å². The average Bonchev–Trinajstić information content (AvgIpc) is 2.76. The Hall–Kier alpha value is -2.34. The Labute approximate surface area is 113 Å². The van der Waals surface area contributed by atoms with Crippen molar-refractivity contribution in [1.82, 2.24) is 10.2 Å². The lowest BCUT2D eigenvalue weighted by atomic mass is 10.1. The predicted octanol–water partition coefficient (Wildman–Crippen LogP) is 2.32. The number of anilines is 1. The lowest BCUT2D eigenvalue weighted by molar-refractivity contribution is 0.0690. The molecule has 0 aliphatic carbocycles. The van der Waals surface area contributed by atoms with E-state index in [2.05, 4.69) is 15.5 Å². The highest BCUT2D eigenvalue weighted by atomic mass is 35.5. The molecule has 3 N–H and O–H groups in total. The largest absolute Gasteiger partial charge is 0.477 e. The van der Waals surface area contributed by atoms with Crippen LogP contribution in [0.5, 0.6) is 0 Å². The normalized spacial score (nSPS) is 10.2.